The lowest BCUT2D eigenvalue weighted by Gasteiger charge is -2.29. The maximum Gasteiger partial charge on any atom is 0.274 e. The van der Waals surface area contributed by atoms with E-state index in [0.29, 0.717) is 17.3 Å². The molecule has 2 N–H and O–H groups in total. The number of fused-ring (bicyclic) bond motifs is 1. The van der Waals surface area contributed by atoms with Gasteiger partial charge in [-0.05, 0) is 48.7 Å². The molecule has 0 saturated carbocycles. The van der Waals surface area contributed by atoms with Crippen molar-refractivity contribution in [2.75, 3.05) is 22.1 Å². The smallest absolute Gasteiger partial charge is 0.274 e. The van der Waals surface area contributed by atoms with Crippen LogP contribution in [-0.2, 0) is 11.2 Å². The first-order chi connectivity index (χ1) is 14.1. The molecule has 1 aromatic heterocycles. The number of para-hydroxylation sites is 1. The molecule has 0 bridgehead atoms. The fraction of sp³-hybridized carbons (Fsp3) is 0.182. The van der Waals surface area contributed by atoms with Crippen LogP contribution in [0.5, 0.6) is 0 Å². The third-order valence-corrected chi connectivity index (χ3v) is 4.67. The lowest BCUT2D eigenvalue weighted by atomic mass is 10.0. The number of benzene rings is 2. The standard InChI is InChI=1S/C22H21N5O2/c1-15(28)24-17-8-4-9-18(14-17)25-21(29)19-11-12-23-22(26-19)27-13-5-7-16-6-2-3-10-20(16)27/h2-4,6,8-12,14H,5,7,13H2,1H3,(H,24,28)(H,25,29). The largest absolute Gasteiger partial charge is 0.326 e. The van der Waals surface area contributed by atoms with Crippen LogP contribution in [0.3, 0.4) is 0 Å². The average molecular weight is 387 g/mol. The van der Waals surface area contributed by atoms with Gasteiger partial charge in [0.15, 0.2) is 0 Å². The Hall–Kier alpha value is -3.74. The number of hydrogen-bond donors (Lipinski definition) is 2. The predicted molar refractivity (Wildman–Crippen MR) is 112 cm³/mol. The fourth-order valence-electron chi connectivity index (χ4n) is 3.42. The molecule has 0 atom stereocenters. The first kappa shape index (κ1) is 18.6. The molecule has 0 unspecified atom stereocenters. The number of nitrogens with one attached hydrogen (secondary N) is 2. The van der Waals surface area contributed by atoms with Crippen molar-refractivity contribution >= 4 is 34.8 Å². The highest BCUT2D eigenvalue weighted by atomic mass is 16.2. The summed E-state index contributed by atoms with van der Waals surface area (Å²) in [7, 11) is 0. The van der Waals surface area contributed by atoms with E-state index < -0.39 is 0 Å². The number of hydrogen-bond acceptors (Lipinski definition) is 5. The first-order valence-electron chi connectivity index (χ1n) is 9.47. The van der Waals surface area contributed by atoms with E-state index in [-0.39, 0.29) is 17.5 Å². The van der Waals surface area contributed by atoms with Crippen LogP contribution >= 0.6 is 0 Å². The third-order valence-electron chi connectivity index (χ3n) is 4.67. The van der Waals surface area contributed by atoms with E-state index in [4.69, 9.17) is 0 Å². The summed E-state index contributed by atoms with van der Waals surface area (Å²) in [4.78, 5) is 34.9. The van der Waals surface area contributed by atoms with Gasteiger partial charge in [0, 0.05) is 36.7 Å². The number of amides is 2. The molecule has 1 aliphatic heterocycles. The Labute approximate surface area is 168 Å². The first-order valence-corrected chi connectivity index (χ1v) is 9.47. The molecule has 1 aliphatic rings. The molecule has 0 aliphatic carbocycles. The topological polar surface area (TPSA) is 87.2 Å². The van der Waals surface area contributed by atoms with Crippen molar-refractivity contribution in [1.82, 2.24) is 9.97 Å². The highest BCUT2D eigenvalue weighted by Crippen LogP contribution is 2.31. The van der Waals surface area contributed by atoms with Crippen LogP contribution < -0.4 is 15.5 Å². The van der Waals surface area contributed by atoms with E-state index in [0.717, 1.165) is 25.1 Å². The Bertz CT molecular complexity index is 1070. The van der Waals surface area contributed by atoms with E-state index in [9.17, 15) is 9.59 Å². The number of nitrogens with zero attached hydrogens (tertiary/aromatic N) is 3. The average Bonchev–Trinajstić information content (AvgIpc) is 2.73. The fourth-order valence-corrected chi connectivity index (χ4v) is 3.42. The summed E-state index contributed by atoms with van der Waals surface area (Å²) in [6, 6.07) is 16.8. The maximum atomic E-state index is 12.7. The summed E-state index contributed by atoms with van der Waals surface area (Å²) in [5, 5.41) is 5.52. The van der Waals surface area contributed by atoms with Gasteiger partial charge in [0.1, 0.15) is 5.69 Å². The molecule has 0 spiro atoms. The van der Waals surface area contributed by atoms with Crippen LogP contribution in [-0.4, -0.2) is 28.3 Å². The van der Waals surface area contributed by atoms with Gasteiger partial charge in [-0.2, -0.15) is 0 Å². The SMILES string of the molecule is CC(=O)Nc1cccc(NC(=O)c2ccnc(N3CCCc4ccccc43)n2)c1. The molecule has 7 nitrogen and oxygen atoms in total. The van der Waals surface area contributed by atoms with Gasteiger partial charge >= 0.3 is 0 Å². The van der Waals surface area contributed by atoms with Crippen LogP contribution in [0.25, 0.3) is 0 Å². The molecule has 2 heterocycles. The van der Waals surface area contributed by atoms with Gasteiger partial charge in [0.05, 0.1) is 0 Å². The number of anilines is 4. The summed E-state index contributed by atoms with van der Waals surface area (Å²) in [5.74, 6) is 0.00597. The Kier molecular flexibility index (Phi) is 5.20. The lowest BCUT2D eigenvalue weighted by Crippen LogP contribution is -2.27. The minimum Gasteiger partial charge on any atom is -0.326 e. The molecule has 0 saturated heterocycles. The van der Waals surface area contributed by atoms with Gasteiger partial charge in [-0.1, -0.05) is 24.3 Å². The lowest BCUT2D eigenvalue weighted by molar-refractivity contribution is -0.114. The summed E-state index contributed by atoms with van der Waals surface area (Å²) in [6.07, 6.45) is 3.63. The van der Waals surface area contributed by atoms with E-state index in [2.05, 4.69) is 32.7 Å². The van der Waals surface area contributed by atoms with Gasteiger partial charge in [-0.25, -0.2) is 9.97 Å². The van der Waals surface area contributed by atoms with Crippen LogP contribution in [0.15, 0.2) is 60.8 Å². The van der Waals surface area contributed by atoms with E-state index >= 15 is 0 Å². The van der Waals surface area contributed by atoms with Crippen molar-refractivity contribution in [2.45, 2.75) is 19.8 Å². The van der Waals surface area contributed by atoms with Crippen molar-refractivity contribution in [2.24, 2.45) is 0 Å². The molecular formula is C22H21N5O2. The third kappa shape index (κ3) is 4.24. The second-order valence-corrected chi connectivity index (χ2v) is 6.84. The van der Waals surface area contributed by atoms with Crippen molar-refractivity contribution in [3.63, 3.8) is 0 Å². The maximum absolute atomic E-state index is 12.7. The highest BCUT2D eigenvalue weighted by Gasteiger charge is 2.21. The quantitative estimate of drug-likeness (QED) is 0.712. The number of aromatic nitrogens is 2. The zero-order chi connectivity index (χ0) is 20.2. The second-order valence-electron chi connectivity index (χ2n) is 6.84. The van der Waals surface area contributed by atoms with Crippen molar-refractivity contribution in [1.29, 1.82) is 0 Å². The molecule has 146 valence electrons. The van der Waals surface area contributed by atoms with Crippen molar-refractivity contribution < 1.29 is 9.59 Å². The van der Waals surface area contributed by atoms with Crippen molar-refractivity contribution in [3.8, 4) is 0 Å². The minimum absolute atomic E-state index is 0.171. The zero-order valence-corrected chi connectivity index (χ0v) is 16.1. The second kappa shape index (κ2) is 8.10. The summed E-state index contributed by atoms with van der Waals surface area (Å²) in [6.45, 7) is 2.24. The Morgan fingerprint density at radius 3 is 2.62 bits per heavy atom. The number of rotatable bonds is 4. The van der Waals surface area contributed by atoms with Crippen LogP contribution in [0.2, 0.25) is 0 Å². The molecule has 29 heavy (non-hydrogen) atoms. The van der Waals surface area contributed by atoms with Gasteiger partial charge < -0.3 is 15.5 Å². The summed E-state index contributed by atoms with van der Waals surface area (Å²) >= 11 is 0. The number of carbonyl (C=O) groups is 2. The molecular weight excluding hydrogens is 366 g/mol. The van der Waals surface area contributed by atoms with E-state index in [1.165, 1.54) is 12.5 Å². The van der Waals surface area contributed by atoms with Crippen LogP contribution in [0, 0.1) is 0 Å². The Balaban J connectivity index is 1.55. The predicted octanol–water partition coefficient (Wildman–Crippen LogP) is 3.77. The monoisotopic (exact) mass is 387 g/mol. The van der Waals surface area contributed by atoms with Gasteiger partial charge in [-0.3, -0.25) is 9.59 Å². The van der Waals surface area contributed by atoms with Crippen LogP contribution in [0.4, 0.5) is 23.0 Å². The molecule has 3 aromatic rings. The van der Waals surface area contributed by atoms with Gasteiger partial charge in [-0.15, -0.1) is 0 Å². The molecule has 0 fully saturated rings. The molecule has 4 rings (SSSR count). The Morgan fingerprint density at radius 2 is 1.79 bits per heavy atom. The van der Waals surface area contributed by atoms with Gasteiger partial charge in [0.25, 0.3) is 5.91 Å². The Morgan fingerprint density at radius 1 is 1.00 bits per heavy atom. The van der Waals surface area contributed by atoms with E-state index in [1.807, 2.05) is 17.0 Å². The minimum atomic E-state index is -0.334. The molecule has 0 radical (unpaired) electrons. The van der Waals surface area contributed by atoms with Crippen molar-refractivity contribution in [3.05, 3.63) is 72.1 Å². The number of carbonyl (C=O) groups excluding carboxylic acids is 2. The molecule has 2 amide bonds. The number of aryl methyl sites for hydroxylation is 1. The zero-order valence-electron chi connectivity index (χ0n) is 16.1. The normalized spacial score (nSPS) is 12.8. The summed E-state index contributed by atoms with van der Waals surface area (Å²) in [5.41, 5.74) is 3.81. The molecule has 2 aromatic carbocycles. The van der Waals surface area contributed by atoms with Crippen LogP contribution in [0.1, 0.15) is 29.4 Å². The molecule has 7 heteroatoms. The van der Waals surface area contributed by atoms with E-state index in [1.54, 1.807) is 36.5 Å². The highest BCUT2D eigenvalue weighted by molar-refractivity contribution is 6.03. The summed E-state index contributed by atoms with van der Waals surface area (Å²) < 4.78 is 0. The van der Waals surface area contributed by atoms with Gasteiger partial charge in [0.2, 0.25) is 11.9 Å².